The van der Waals surface area contributed by atoms with Crippen molar-refractivity contribution < 1.29 is 9.90 Å². The van der Waals surface area contributed by atoms with Gasteiger partial charge >= 0.3 is 5.97 Å². The average molecular weight is 236 g/mol. The van der Waals surface area contributed by atoms with Crippen LogP contribution in [0.2, 0.25) is 0 Å². The number of aromatic nitrogens is 1. The summed E-state index contributed by atoms with van der Waals surface area (Å²) in [4.78, 5) is 14.5. The van der Waals surface area contributed by atoms with Crippen LogP contribution in [0.3, 0.4) is 0 Å². The van der Waals surface area contributed by atoms with Gasteiger partial charge in [0.1, 0.15) is 0 Å². The van der Waals surface area contributed by atoms with E-state index in [9.17, 15) is 4.79 Å². The summed E-state index contributed by atoms with van der Waals surface area (Å²) >= 11 is 0. The summed E-state index contributed by atoms with van der Waals surface area (Å²) in [7, 11) is 0. The average Bonchev–Trinajstić information content (AvgIpc) is 2.26. The lowest BCUT2D eigenvalue weighted by Crippen LogP contribution is -1.86. The molecule has 0 atom stereocenters. The van der Waals surface area contributed by atoms with Crippen LogP contribution in [-0.2, 0) is 4.79 Å². The molecule has 0 amide bonds. The molecule has 1 heterocycles. The van der Waals surface area contributed by atoms with Crippen LogP contribution in [0.25, 0.3) is 17.0 Å². The van der Waals surface area contributed by atoms with Gasteiger partial charge < -0.3 is 5.11 Å². The second kappa shape index (κ2) is 5.28. The van der Waals surface area contributed by atoms with Gasteiger partial charge in [0.15, 0.2) is 0 Å². The lowest BCUT2D eigenvalue weighted by atomic mass is 10.1. The van der Waals surface area contributed by atoms with Gasteiger partial charge in [-0.2, -0.15) is 0 Å². The van der Waals surface area contributed by atoms with Crippen LogP contribution in [0.1, 0.15) is 5.56 Å². The zero-order valence-corrected chi connectivity index (χ0v) is 9.15. The molecule has 0 unspecified atom stereocenters. The molecule has 2 aromatic rings. The van der Waals surface area contributed by atoms with Gasteiger partial charge in [0, 0.05) is 17.7 Å². The fourth-order valence-electron chi connectivity index (χ4n) is 1.35. The molecule has 16 heavy (non-hydrogen) atoms. The lowest BCUT2D eigenvalue weighted by Gasteiger charge is -1.97. The molecule has 0 aliphatic heterocycles. The Bertz CT molecular complexity index is 537. The van der Waals surface area contributed by atoms with Crippen LogP contribution in [0.4, 0.5) is 0 Å². The van der Waals surface area contributed by atoms with E-state index < -0.39 is 5.97 Å². The van der Waals surface area contributed by atoms with Crippen LogP contribution < -0.4 is 0 Å². The first-order valence-corrected chi connectivity index (χ1v) is 4.51. The summed E-state index contributed by atoms with van der Waals surface area (Å²) in [5.41, 5.74) is 1.70. The fourth-order valence-corrected chi connectivity index (χ4v) is 1.35. The predicted octanol–water partition coefficient (Wildman–Crippen LogP) is 2.75. The number of aliphatic carboxylic acids is 1. The zero-order valence-electron chi connectivity index (χ0n) is 8.33. The Labute approximate surface area is 98.8 Å². The summed E-state index contributed by atoms with van der Waals surface area (Å²) in [6, 6.07) is 9.61. The molecule has 0 aliphatic carbocycles. The number of halogens is 1. The number of hydrogen-bond donors (Lipinski definition) is 1. The second-order valence-electron chi connectivity index (χ2n) is 3.13. The van der Waals surface area contributed by atoms with Gasteiger partial charge in [0.05, 0.1) is 5.52 Å². The van der Waals surface area contributed by atoms with E-state index in [1.807, 2.05) is 30.3 Å². The Kier molecular flexibility index (Phi) is 4.03. The first-order valence-electron chi connectivity index (χ1n) is 4.51. The van der Waals surface area contributed by atoms with E-state index in [1.165, 1.54) is 6.08 Å². The van der Waals surface area contributed by atoms with Crippen molar-refractivity contribution in [2.75, 3.05) is 0 Å². The fraction of sp³-hybridized carbons (Fsp3) is 0. The molecule has 1 aromatic heterocycles. The van der Waals surface area contributed by atoms with Gasteiger partial charge in [0.2, 0.25) is 0 Å². The molecule has 0 saturated carbocycles. The monoisotopic (exact) mass is 235 g/mol. The number of fused-ring (bicyclic) bond motifs is 1. The van der Waals surface area contributed by atoms with Crippen molar-refractivity contribution in [1.29, 1.82) is 0 Å². The highest BCUT2D eigenvalue weighted by Crippen LogP contribution is 2.13. The molecule has 0 spiro atoms. The van der Waals surface area contributed by atoms with Crippen LogP contribution >= 0.6 is 12.4 Å². The number of nitrogens with zero attached hydrogens (tertiary/aromatic N) is 1. The van der Waals surface area contributed by atoms with E-state index in [1.54, 1.807) is 6.20 Å². The van der Waals surface area contributed by atoms with E-state index in [2.05, 4.69) is 4.98 Å². The molecule has 0 aliphatic rings. The number of carbonyl (C=O) groups is 1. The molecular formula is C12H10ClNO2. The summed E-state index contributed by atoms with van der Waals surface area (Å²) in [5.74, 6) is -0.955. The number of benzene rings is 1. The van der Waals surface area contributed by atoms with E-state index in [0.717, 1.165) is 22.5 Å². The molecule has 0 saturated heterocycles. The van der Waals surface area contributed by atoms with Gasteiger partial charge in [-0.15, -0.1) is 12.4 Å². The van der Waals surface area contributed by atoms with Crippen LogP contribution in [0.15, 0.2) is 42.6 Å². The SMILES string of the molecule is Cl.O=C(O)C=Cc1cnc2ccccc2c1. The molecule has 4 heteroatoms. The third-order valence-corrected chi connectivity index (χ3v) is 2.03. The minimum Gasteiger partial charge on any atom is -0.478 e. The van der Waals surface area contributed by atoms with Crippen molar-refractivity contribution in [3.8, 4) is 0 Å². The van der Waals surface area contributed by atoms with Crippen molar-refractivity contribution in [3.05, 3.63) is 48.2 Å². The summed E-state index contributed by atoms with van der Waals surface area (Å²) in [6.45, 7) is 0. The predicted molar refractivity (Wildman–Crippen MR) is 65.7 cm³/mol. The molecular weight excluding hydrogens is 226 g/mol. The minimum atomic E-state index is -0.955. The van der Waals surface area contributed by atoms with Gasteiger partial charge in [-0.1, -0.05) is 18.2 Å². The highest BCUT2D eigenvalue weighted by molar-refractivity contribution is 5.87. The van der Waals surface area contributed by atoms with E-state index >= 15 is 0 Å². The van der Waals surface area contributed by atoms with Crippen molar-refractivity contribution in [2.45, 2.75) is 0 Å². The van der Waals surface area contributed by atoms with Gasteiger partial charge in [-0.25, -0.2) is 4.79 Å². The molecule has 1 N–H and O–H groups in total. The molecule has 1 aromatic carbocycles. The molecule has 82 valence electrons. The molecule has 0 bridgehead atoms. The number of para-hydroxylation sites is 1. The third-order valence-electron chi connectivity index (χ3n) is 2.03. The molecule has 0 radical (unpaired) electrons. The first kappa shape index (κ1) is 12.2. The Morgan fingerprint density at radius 1 is 1.31 bits per heavy atom. The summed E-state index contributed by atoms with van der Waals surface area (Å²) in [5, 5.41) is 9.49. The Balaban J connectivity index is 0.00000128. The van der Waals surface area contributed by atoms with Crippen molar-refractivity contribution >= 4 is 35.4 Å². The summed E-state index contributed by atoms with van der Waals surface area (Å²) < 4.78 is 0. The van der Waals surface area contributed by atoms with Crippen LogP contribution in [-0.4, -0.2) is 16.1 Å². The zero-order chi connectivity index (χ0) is 10.7. The number of carboxylic acid groups (broad SMARTS) is 1. The lowest BCUT2D eigenvalue weighted by molar-refractivity contribution is -0.131. The first-order chi connectivity index (χ1) is 7.25. The number of rotatable bonds is 2. The van der Waals surface area contributed by atoms with E-state index in [4.69, 9.17) is 5.11 Å². The Morgan fingerprint density at radius 3 is 2.81 bits per heavy atom. The van der Waals surface area contributed by atoms with E-state index in [-0.39, 0.29) is 12.4 Å². The highest BCUT2D eigenvalue weighted by Gasteiger charge is 1.94. The maximum Gasteiger partial charge on any atom is 0.328 e. The van der Waals surface area contributed by atoms with Gasteiger partial charge in [-0.3, -0.25) is 4.98 Å². The summed E-state index contributed by atoms with van der Waals surface area (Å²) in [6.07, 6.45) is 4.29. The third kappa shape index (κ3) is 2.81. The molecule has 0 fully saturated rings. The van der Waals surface area contributed by atoms with Crippen molar-refractivity contribution in [1.82, 2.24) is 4.98 Å². The number of pyridine rings is 1. The maximum atomic E-state index is 10.3. The normalized spacial score (nSPS) is 10.2. The maximum absolute atomic E-state index is 10.3. The highest BCUT2D eigenvalue weighted by atomic mass is 35.5. The number of hydrogen-bond acceptors (Lipinski definition) is 2. The largest absolute Gasteiger partial charge is 0.478 e. The Morgan fingerprint density at radius 2 is 2.06 bits per heavy atom. The van der Waals surface area contributed by atoms with Gasteiger partial charge in [0.25, 0.3) is 0 Å². The van der Waals surface area contributed by atoms with Crippen LogP contribution in [0, 0.1) is 0 Å². The minimum absolute atomic E-state index is 0. The van der Waals surface area contributed by atoms with E-state index in [0.29, 0.717) is 0 Å². The standard InChI is InChI=1S/C12H9NO2.ClH/c14-12(15)6-5-9-7-10-3-1-2-4-11(10)13-8-9;/h1-8H,(H,14,15);1H. The quantitative estimate of drug-likeness (QED) is 0.815. The molecule has 3 nitrogen and oxygen atoms in total. The van der Waals surface area contributed by atoms with Crippen molar-refractivity contribution in [3.63, 3.8) is 0 Å². The number of carboxylic acids is 1. The molecule has 2 rings (SSSR count). The van der Waals surface area contributed by atoms with Gasteiger partial charge in [-0.05, 0) is 23.8 Å². The topological polar surface area (TPSA) is 50.2 Å². The second-order valence-corrected chi connectivity index (χ2v) is 3.13. The smallest absolute Gasteiger partial charge is 0.328 e. The van der Waals surface area contributed by atoms with Crippen LogP contribution in [0.5, 0.6) is 0 Å². The van der Waals surface area contributed by atoms with Crippen molar-refractivity contribution in [2.24, 2.45) is 0 Å². The Hall–Kier alpha value is -1.87.